The zero-order valence-electron chi connectivity index (χ0n) is 17.7. The SMILES string of the molecule is CCOC(=O)CCCCCCN1C(=O)CC[C@@H]1C=C[C@@H](O)C(F)(F)c1ccc(I)cc1. The van der Waals surface area contributed by atoms with Crippen molar-refractivity contribution in [3.8, 4) is 0 Å². The average Bonchev–Trinajstić information content (AvgIpc) is 3.08. The number of ether oxygens (including phenoxy) is 1. The number of amides is 1. The van der Waals surface area contributed by atoms with Crippen molar-refractivity contribution in [2.24, 2.45) is 0 Å². The fraction of sp³-hybridized carbons (Fsp3) is 0.565. The second-order valence-electron chi connectivity index (χ2n) is 7.62. The van der Waals surface area contributed by atoms with Gasteiger partial charge in [0.1, 0.15) is 6.10 Å². The van der Waals surface area contributed by atoms with Crippen molar-refractivity contribution < 1.29 is 28.2 Å². The van der Waals surface area contributed by atoms with Gasteiger partial charge < -0.3 is 14.7 Å². The Morgan fingerprint density at radius 3 is 2.65 bits per heavy atom. The van der Waals surface area contributed by atoms with Gasteiger partial charge in [0.05, 0.1) is 12.6 Å². The van der Waals surface area contributed by atoms with Crippen molar-refractivity contribution in [1.82, 2.24) is 4.90 Å². The quantitative estimate of drug-likeness (QED) is 0.176. The van der Waals surface area contributed by atoms with Crippen LogP contribution < -0.4 is 0 Å². The molecule has 2 atom stereocenters. The number of hydrogen-bond donors (Lipinski definition) is 1. The molecule has 8 heteroatoms. The Hall–Kier alpha value is -1.55. The molecule has 0 radical (unpaired) electrons. The van der Waals surface area contributed by atoms with Crippen LogP contribution in [0.1, 0.15) is 57.4 Å². The van der Waals surface area contributed by atoms with Crippen LogP contribution in [0.2, 0.25) is 0 Å². The van der Waals surface area contributed by atoms with Crippen LogP contribution in [0.4, 0.5) is 8.78 Å². The van der Waals surface area contributed by atoms with Crippen molar-refractivity contribution in [3.63, 3.8) is 0 Å². The van der Waals surface area contributed by atoms with Crippen molar-refractivity contribution in [2.45, 2.75) is 69.9 Å². The van der Waals surface area contributed by atoms with Crippen LogP contribution >= 0.6 is 22.6 Å². The molecular formula is C23H30F2INO4. The summed E-state index contributed by atoms with van der Waals surface area (Å²) < 4.78 is 34.8. The van der Waals surface area contributed by atoms with E-state index in [2.05, 4.69) is 0 Å². The smallest absolute Gasteiger partial charge is 0.305 e. The molecule has 1 heterocycles. The number of unbranched alkanes of at least 4 members (excludes halogenated alkanes) is 3. The summed E-state index contributed by atoms with van der Waals surface area (Å²) >= 11 is 2.03. The Morgan fingerprint density at radius 2 is 1.97 bits per heavy atom. The van der Waals surface area contributed by atoms with Gasteiger partial charge in [-0.15, -0.1) is 0 Å². The van der Waals surface area contributed by atoms with Gasteiger partial charge in [0.15, 0.2) is 0 Å². The van der Waals surface area contributed by atoms with Crippen LogP contribution in [-0.2, 0) is 20.2 Å². The van der Waals surface area contributed by atoms with Gasteiger partial charge in [0, 0.05) is 28.5 Å². The minimum absolute atomic E-state index is 0.0000538. The highest BCUT2D eigenvalue weighted by molar-refractivity contribution is 14.1. The van der Waals surface area contributed by atoms with E-state index in [0.29, 0.717) is 32.4 Å². The maximum Gasteiger partial charge on any atom is 0.305 e. The number of hydrogen-bond acceptors (Lipinski definition) is 4. The second-order valence-corrected chi connectivity index (χ2v) is 8.87. The zero-order chi connectivity index (χ0) is 22.9. The van der Waals surface area contributed by atoms with E-state index in [1.807, 2.05) is 22.6 Å². The van der Waals surface area contributed by atoms with Gasteiger partial charge in [-0.3, -0.25) is 9.59 Å². The lowest BCUT2D eigenvalue weighted by Gasteiger charge is -2.24. The fourth-order valence-electron chi connectivity index (χ4n) is 3.58. The number of carbonyl (C=O) groups excluding carboxylic acids is 2. The zero-order valence-corrected chi connectivity index (χ0v) is 19.9. The van der Waals surface area contributed by atoms with E-state index in [1.54, 1.807) is 24.0 Å². The van der Waals surface area contributed by atoms with Crippen molar-refractivity contribution in [1.29, 1.82) is 0 Å². The van der Waals surface area contributed by atoms with E-state index in [9.17, 15) is 23.5 Å². The first-order chi connectivity index (χ1) is 14.8. The number of benzene rings is 1. The van der Waals surface area contributed by atoms with Crippen LogP contribution in [0.3, 0.4) is 0 Å². The van der Waals surface area contributed by atoms with Crippen molar-refractivity contribution in [3.05, 3.63) is 45.6 Å². The highest BCUT2D eigenvalue weighted by atomic mass is 127. The molecule has 0 aromatic heterocycles. The summed E-state index contributed by atoms with van der Waals surface area (Å²) in [6.45, 7) is 2.70. The Bertz CT molecular complexity index is 754. The molecule has 0 bridgehead atoms. The van der Waals surface area contributed by atoms with Gasteiger partial charge in [-0.25, -0.2) is 0 Å². The van der Waals surface area contributed by atoms with Gasteiger partial charge in [0.25, 0.3) is 0 Å². The maximum atomic E-state index is 14.5. The number of likely N-dealkylation sites (tertiary alicyclic amines) is 1. The van der Waals surface area contributed by atoms with Gasteiger partial charge in [-0.2, -0.15) is 8.78 Å². The number of nitrogens with zero attached hydrogens (tertiary/aromatic N) is 1. The molecule has 31 heavy (non-hydrogen) atoms. The Kier molecular flexibility index (Phi) is 10.3. The van der Waals surface area contributed by atoms with Crippen LogP contribution in [0, 0.1) is 3.57 Å². The van der Waals surface area contributed by atoms with Crippen molar-refractivity contribution >= 4 is 34.5 Å². The molecule has 0 unspecified atom stereocenters. The first-order valence-electron chi connectivity index (χ1n) is 10.7. The molecular weight excluding hydrogens is 519 g/mol. The van der Waals surface area contributed by atoms with Gasteiger partial charge in [0.2, 0.25) is 5.91 Å². The molecule has 5 nitrogen and oxygen atoms in total. The molecule has 2 rings (SSSR count). The molecule has 1 aliphatic heterocycles. The lowest BCUT2D eigenvalue weighted by atomic mass is 10.0. The summed E-state index contributed by atoms with van der Waals surface area (Å²) in [6.07, 6.45) is 5.25. The third-order valence-corrected chi connectivity index (χ3v) is 6.05. The number of halogens is 3. The normalized spacial score (nSPS) is 18.0. The topological polar surface area (TPSA) is 66.8 Å². The van der Waals surface area contributed by atoms with Crippen LogP contribution in [0.5, 0.6) is 0 Å². The number of esters is 1. The summed E-state index contributed by atoms with van der Waals surface area (Å²) in [5.74, 6) is -3.60. The van der Waals surface area contributed by atoms with E-state index < -0.39 is 12.0 Å². The standard InChI is InChI=1S/C23H30F2INO4/c1-2-31-22(30)7-5-3-4-6-16-27-19(13-15-21(27)29)12-14-20(28)23(24,25)17-8-10-18(26)11-9-17/h8-12,14,19-20,28H,2-7,13,15-16H2,1H3/t19-,20+/m0/s1. The van der Waals surface area contributed by atoms with Gasteiger partial charge in [-0.05, 0) is 60.9 Å². The highest BCUT2D eigenvalue weighted by Gasteiger charge is 2.39. The molecule has 0 aliphatic carbocycles. The second kappa shape index (κ2) is 12.5. The number of rotatable bonds is 12. The molecule has 1 N–H and O–H groups in total. The molecule has 1 amide bonds. The third kappa shape index (κ3) is 7.82. The van der Waals surface area contributed by atoms with Crippen LogP contribution in [0.25, 0.3) is 0 Å². The lowest BCUT2D eigenvalue weighted by Crippen LogP contribution is -2.34. The van der Waals surface area contributed by atoms with Gasteiger partial charge in [-0.1, -0.05) is 37.1 Å². The molecule has 1 aromatic carbocycles. The Balaban J connectivity index is 1.83. The predicted octanol–water partition coefficient (Wildman–Crippen LogP) is 4.80. The first-order valence-corrected chi connectivity index (χ1v) is 11.8. The van der Waals surface area contributed by atoms with Gasteiger partial charge >= 0.3 is 11.9 Å². The van der Waals surface area contributed by atoms with Crippen LogP contribution in [-0.4, -0.2) is 47.2 Å². The summed E-state index contributed by atoms with van der Waals surface area (Å²) in [5, 5.41) is 10.1. The van der Waals surface area contributed by atoms with E-state index in [0.717, 1.165) is 35.3 Å². The third-order valence-electron chi connectivity index (χ3n) is 5.33. The molecule has 0 saturated carbocycles. The number of carbonyl (C=O) groups is 2. The van der Waals surface area contributed by atoms with E-state index in [-0.39, 0.29) is 23.5 Å². The number of alkyl halides is 2. The molecule has 1 saturated heterocycles. The van der Waals surface area contributed by atoms with E-state index >= 15 is 0 Å². The predicted molar refractivity (Wildman–Crippen MR) is 123 cm³/mol. The molecule has 172 valence electrons. The minimum atomic E-state index is -3.41. The molecule has 1 aliphatic rings. The minimum Gasteiger partial charge on any atom is -0.466 e. The monoisotopic (exact) mass is 549 g/mol. The Morgan fingerprint density at radius 1 is 1.29 bits per heavy atom. The highest BCUT2D eigenvalue weighted by Crippen LogP contribution is 2.33. The number of aliphatic hydroxyl groups is 1. The molecule has 1 fully saturated rings. The Labute approximate surface area is 196 Å². The van der Waals surface area contributed by atoms with E-state index in [4.69, 9.17) is 4.74 Å². The molecule has 1 aromatic rings. The summed E-state index contributed by atoms with van der Waals surface area (Å²) in [4.78, 5) is 25.2. The largest absolute Gasteiger partial charge is 0.466 e. The maximum absolute atomic E-state index is 14.5. The lowest BCUT2D eigenvalue weighted by molar-refractivity contribution is -0.143. The van der Waals surface area contributed by atoms with Crippen molar-refractivity contribution in [2.75, 3.05) is 13.2 Å². The average molecular weight is 549 g/mol. The molecule has 0 spiro atoms. The van der Waals surface area contributed by atoms with E-state index in [1.165, 1.54) is 18.2 Å². The number of aliphatic hydroxyl groups excluding tert-OH is 1. The summed E-state index contributed by atoms with van der Waals surface area (Å²) in [7, 11) is 0. The summed E-state index contributed by atoms with van der Waals surface area (Å²) in [6, 6.07) is 5.49. The fourth-order valence-corrected chi connectivity index (χ4v) is 3.94. The first kappa shape index (κ1) is 25.7. The van der Waals surface area contributed by atoms with Crippen LogP contribution in [0.15, 0.2) is 36.4 Å². The summed E-state index contributed by atoms with van der Waals surface area (Å²) in [5.41, 5.74) is -0.243.